The number of likely N-dealkylation sites (tertiary alicyclic amines) is 1. The molecule has 0 N–H and O–H groups in total. The van der Waals surface area contributed by atoms with Crippen molar-refractivity contribution in [1.82, 2.24) is 4.90 Å². The zero-order valence-corrected chi connectivity index (χ0v) is 12.5. The van der Waals surface area contributed by atoms with Crippen molar-refractivity contribution in [3.63, 3.8) is 0 Å². The van der Waals surface area contributed by atoms with Gasteiger partial charge >= 0.3 is 0 Å². The van der Waals surface area contributed by atoms with E-state index < -0.39 is 0 Å². The van der Waals surface area contributed by atoms with Gasteiger partial charge in [-0.25, -0.2) is 0 Å². The lowest BCUT2D eigenvalue weighted by Crippen LogP contribution is -2.40. The molecule has 2 aliphatic rings. The SMILES string of the molecule is COC[C@@H]1CC2(CCN(Cc3ccsc3)CC2)CO1. The monoisotopic (exact) mass is 281 g/mol. The topological polar surface area (TPSA) is 21.7 Å². The molecule has 0 saturated carbocycles. The van der Waals surface area contributed by atoms with Gasteiger partial charge in [0.1, 0.15) is 0 Å². The van der Waals surface area contributed by atoms with Crippen molar-refractivity contribution in [1.29, 1.82) is 0 Å². The second-order valence-corrected chi connectivity index (χ2v) is 6.78. The van der Waals surface area contributed by atoms with Crippen LogP contribution in [0.1, 0.15) is 24.8 Å². The molecule has 0 amide bonds. The Morgan fingerprint density at radius 3 is 3.00 bits per heavy atom. The molecule has 0 aliphatic carbocycles. The average molecular weight is 281 g/mol. The fraction of sp³-hybridized carbons (Fsp3) is 0.733. The van der Waals surface area contributed by atoms with Gasteiger partial charge < -0.3 is 9.47 Å². The molecule has 3 rings (SSSR count). The average Bonchev–Trinajstić information content (AvgIpc) is 3.04. The summed E-state index contributed by atoms with van der Waals surface area (Å²) in [5.74, 6) is 0. The van der Waals surface area contributed by atoms with E-state index in [1.54, 1.807) is 18.4 Å². The second kappa shape index (κ2) is 5.92. The van der Waals surface area contributed by atoms with Crippen molar-refractivity contribution >= 4 is 11.3 Å². The first kappa shape index (κ1) is 13.6. The van der Waals surface area contributed by atoms with Gasteiger partial charge in [0.2, 0.25) is 0 Å². The molecule has 0 unspecified atom stereocenters. The third-order valence-corrected chi connectivity index (χ3v) is 5.27. The van der Waals surface area contributed by atoms with Crippen LogP contribution in [0.15, 0.2) is 16.8 Å². The predicted molar refractivity (Wildman–Crippen MR) is 77.5 cm³/mol. The van der Waals surface area contributed by atoms with Gasteiger partial charge in [-0.3, -0.25) is 4.90 Å². The molecule has 4 heteroatoms. The summed E-state index contributed by atoms with van der Waals surface area (Å²) < 4.78 is 11.1. The quantitative estimate of drug-likeness (QED) is 0.847. The molecular formula is C15H23NO2S. The molecular weight excluding hydrogens is 258 g/mol. The molecule has 19 heavy (non-hydrogen) atoms. The highest BCUT2D eigenvalue weighted by Gasteiger charge is 2.42. The molecule has 2 aliphatic heterocycles. The number of ether oxygens (including phenoxy) is 2. The summed E-state index contributed by atoms with van der Waals surface area (Å²) in [6.45, 7) is 5.22. The van der Waals surface area contributed by atoms with Crippen LogP contribution in [-0.4, -0.2) is 44.4 Å². The van der Waals surface area contributed by atoms with Crippen LogP contribution in [0.25, 0.3) is 0 Å². The van der Waals surface area contributed by atoms with Gasteiger partial charge in [-0.05, 0) is 60.2 Å². The van der Waals surface area contributed by atoms with Crippen LogP contribution in [0.2, 0.25) is 0 Å². The van der Waals surface area contributed by atoms with E-state index in [1.165, 1.54) is 37.9 Å². The van der Waals surface area contributed by atoms with E-state index in [4.69, 9.17) is 9.47 Å². The van der Waals surface area contributed by atoms with E-state index in [0.717, 1.165) is 19.8 Å². The number of hydrogen-bond donors (Lipinski definition) is 0. The fourth-order valence-corrected chi connectivity index (χ4v) is 4.02. The summed E-state index contributed by atoms with van der Waals surface area (Å²) in [4.78, 5) is 2.58. The molecule has 0 aromatic carbocycles. The number of rotatable bonds is 4. The van der Waals surface area contributed by atoms with E-state index >= 15 is 0 Å². The van der Waals surface area contributed by atoms with Crippen LogP contribution in [-0.2, 0) is 16.0 Å². The highest BCUT2D eigenvalue weighted by Crippen LogP contribution is 2.42. The van der Waals surface area contributed by atoms with Crippen LogP contribution in [0, 0.1) is 5.41 Å². The number of hydrogen-bond acceptors (Lipinski definition) is 4. The fourth-order valence-electron chi connectivity index (χ4n) is 3.36. The normalized spacial score (nSPS) is 27.1. The third kappa shape index (κ3) is 3.19. The van der Waals surface area contributed by atoms with Gasteiger partial charge in [-0.1, -0.05) is 0 Å². The zero-order chi connectivity index (χ0) is 13.1. The molecule has 3 heterocycles. The standard InChI is InChI=1S/C15H23NO2S/c1-17-10-14-8-15(12-18-14)3-5-16(6-4-15)9-13-2-7-19-11-13/h2,7,11,14H,3-6,8-10,12H2,1H3/t14-/m0/s1. The van der Waals surface area contributed by atoms with Crippen molar-refractivity contribution in [3.05, 3.63) is 22.4 Å². The van der Waals surface area contributed by atoms with E-state index in [9.17, 15) is 0 Å². The summed E-state index contributed by atoms with van der Waals surface area (Å²) in [5, 5.41) is 4.43. The third-order valence-electron chi connectivity index (χ3n) is 4.54. The molecule has 1 aromatic rings. The van der Waals surface area contributed by atoms with Gasteiger partial charge in [-0.15, -0.1) is 0 Å². The Kier molecular flexibility index (Phi) is 4.22. The van der Waals surface area contributed by atoms with Gasteiger partial charge in [0.05, 0.1) is 19.3 Å². The summed E-state index contributed by atoms with van der Waals surface area (Å²) >= 11 is 1.79. The molecule has 106 valence electrons. The van der Waals surface area contributed by atoms with Crippen LogP contribution in [0.3, 0.4) is 0 Å². The smallest absolute Gasteiger partial charge is 0.0814 e. The van der Waals surface area contributed by atoms with Crippen molar-refractivity contribution < 1.29 is 9.47 Å². The largest absolute Gasteiger partial charge is 0.382 e. The molecule has 1 atom stereocenters. The Hall–Kier alpha value is -0.420. The summed E-state index contributed by atoms with van der Waals surface area (Å²) in [6, 6.07) is 2.24. The molecule has 0 radical (unpaired) electrons. The van der Waals surface area contributed by atoms with E-state index in [-0.39, 0.29) is 0 Å². The maximum absolute atomic E-state index is 5.89. The van der Waals surface area contributed by atoms with Crippen LogP contribution in [0.5, 0.6) is 0 Å². The minimum atomic E-state index is 0.327. The molecule has 2 fully saturated rings. The number of piperidine rings is 1. The lowest BCUT2D eigenvalue weighted by molar-refractivity contribution is 0.0284. The number of nitrogens with zero attached hydrogens (tertiary/aromatic N) is 1. The maximum atomic E-state index is 5.89. The maximum Gasteiger partial charge on any atom is 0.0814 e. The van der Waals surface area contributed by atoms with Crippen molar-refractivity contribution in [2.45, 2.75) is 31.9 Å². The first-order chi connectivity index (χ1) is 9.30. The Bertz CT molecular complexity index is 385. The lowest BCUT2D eigenvalue weighted by atomic mass is 9.76. The van der Waals surface area contributed by atoms with Crippen LogP contribution >= 0.6 is 11.3 Å². The van der Waals surface area contributed by atoms with Gasteiger partial charge in [0.25, 0.3) is 0 Å². The molecule has 1 spiro atoms. The van der Waals surface area contributed by atoms with E-state index in [0.29, 0.717) is 11.5 Å². The van der Waals surface area contributed by atoms with E-state index in [1.807, 2.05) is 0 Å². The highest BCUT2D eigenvalue weighted by atomic mass is 32.1. The predicted octanol–water partition coefficient (Wildman–Crippen LogP) is 2.77. The van der Waals surface area contributed by atoms with Crippen LogP contribution < -0.4 is 0 Å². The van der Waals surface area contributed by atoms with Crippen molar-refractivity contribution in [3.8, 4) is 0 Å². The van der Waals surface area contributed by atoms with Crippen molar-refractivity contribution in [2.75, 3.05) is 33.4 Å². The summed E-state index contributed by atoms with van der Waals surface area (Å²) in [7, 11) is 1.76. The Morgan fingerprint density at radius 1 is 1.47 bits per heavy atom. The Morgan fingerprint density at radius 2 is 2.32 bits per heavy atom. The molecule has 1 aromatic heterocycles. The minimum Gasteiger partial charge on any atom is -0.382 e. The van der Waals surface area contributed by atoms with Gasteiger partial charge in [0.15, 0.2) is 0 Å². The number of methoxy groups -OCH3 is 1. The minimum absolute atomic E-state index is 0.327. The molecule has 3 nitrogen and oxygen atoms in total. The van der Waals surface area contributed by atoms with Gasteiger partial charge in [0, 0.05) is 13.7 Å². The zero-order valence-electron chi connectivity index (χ0n) is 11.6. The molecule has 0 bridgehead atoms. The first-order valence-corrected chi connectivity index (χ1v) is 8.08. The molecule has 2 saturated heterocycles. The highest BCUT2D eigenvalue weighted by molar-refractivity contribution is 7.07. The van der Waals surface area contributed by atoms with E-state index in [2.05, 4.69) is 21.7 Å². The van der Waals surface area contributed by atoms with Crippen LogP contribution in [0.4, 0.5) is 0 Å². The lowest BCUT2D eigenvalue weighted by Gasteiger charge is -2.38. The Balaban J connectivity index is 1.49. The summed E-state index contributed by atoms with van der Waals surface area (Å²) in [6.07, 6.45) is 4.07. The van der Waals surface area contributed by atoms with Gasteiger partial charge in [-0.2, -0.15) is 11.3 Å². The van der Waals surface area contributed by atoms with Crippen molar-refractivity contribution in [2.24, 2.45) is 5.41 Å². The number of thiophene rings is 1. The Labute approximate surface area is 119 Å². The second-order valence-electron chi connectivity index (χ2n) is 6.00. The first-order valence-electron chi connectivity index (χ1n) is 7.14. The summed E-state index contributed by atoms with van der Waals surface area (Å²) in [5.41, 5.74) is 1.90.